The molecule has 0 fully saturated rings. The predicted molar refractivity (Wildman–Crippen MR) is 184 cm³/mol. The lowest BCUT2D eigenvalue weighted by atomic mass is 9.99. The highest BCUT2D eigenvalue weighted by Gasteiger charge is 2.19. The van der Waals surface area contributed by atoms with Crippen LogP contribution in [-0.2, 0) is 0 Å². The molecule has 9 aromatic rings. The van der Waals surface area contributed by atoms with Crippen LogP contribution in [0.25, 0.3) is 64.0 Å². The van der Waals surface area contributed by atoms with Crippen LogP contribution in [0, 0.1) is 0 Å². The summed E-state index contributed by atoms with van der Waals surface area (Å²) in [5.74, 6) is 0. The zero-order valence-corrected chi connectivity index (χ0v) is 24.0. The fourth-order valence-corrected chi connectivity index (χ4v) is 7.50. The molecule has 0 N–H and O–H groups in total. The molecule has 43 heavy (non-hydrogen) atoms. The van der Waals surface area contributed by atoms with Gasteiger partial charge in [0.15, 0.2) is 5.58 Å². The van der Waals surface area contributed by atoms with Crippen LogP contribution in [0.5, 0.6) is 0 Å². The number of para-hydroxylation sites is 3. The molecule has 0 radical (unpaired) electrons. The van der Waals surface area contributed by atoms with Gasteiger partial charge in [0.25, 0.3) is 0 Å². The molecule has 2 heterocycles. The number of anilines is 3. The topological polar surface area (TPSA) is 16.4 Å². The van der Waals surface area contributed by atoms with E-state index in [1.54, 1.807) is 0 Å². The molecule has 2 aromatic heterocycles. The van der Waals surface area contributed by atoms with Crippen LogP contribution in [-0.4, -0.2) is 0 Å². The lowest BCUT2D eigenvalue weighted by molar-refractivity contribution is 0.669. The molecule has 9 rings (SSSR count). The van der Waals surface area contributed by atoms with Gasteiger partial charge in [-0.15, -0.1) is 11.3 Å². The third-order valence-corrected chi connectivity index (χ3v) is 9.57. The number of hydrogen-bond donors (Lipinski definition) is 0. The van der Waals surface area contributed by atoms with Gasteiger partial charge in [-0.1, -0.05) is 91.0 Å². The zero-order valence-electron chi connectivity index (χ0n) is 23.2. The summed E-state index contributed by atoms with van der Waals surface area (Å²) in [5, 5.41) is 7.46. The highest BCUT2D eigenvalue weighted by atomic mass is 32.1. The maximum atomic E-state index is 6.45. The molecule has 0 saturated carbocycles. The number of rotatable bonds is 4. The molecule has 0 bridgehead atoms. The third kappa shape index (κ3) is 3.93. The summed E-state index contributed by atoms with van der Waals surface area (Å²) >= 11 is 1.87. The van der Waals surface area contributed by atoms with Crippen LogP contribution in [0.15, 0.2) is 156 Å². The Labute approximate surface area is 252 Å². The van der Waals surface area contributed by atoms with Gasteiger partial charge in [0, 0.05) is 42.3 Å². The van der Waals surface area contributed by atoms with Gasteiger partial charge in [-0.2, -0.15) is 0 Å². The van der Waals surface area contributed by atoms with E-state index < -0.39 is 0 Å². The Morgan fingerprint density at radius 3 is 2.05 bits per heavy atom. The van der Waals surface area contributed by atoms with Crippen LogP contribution in [0.4, 0.5) is 17.1 Å². The normalized spacial score (nSPS) is 11.7. The molecule has 202 valence electrons. The first-order valence-electron chi connectivity index (χ1n) is 14.5. The first-order valence-corrected chi connectivity index (χ1v) is 15.3. The van der Waals surface area contributed by atoms with E-state index in [0.717, 1.165) is 39.0 Å². The Hall–Kier alpha value is -5.38. The van der Waals surface area contributed by atoms with Crippen molar-refractivity contribution in [2.75, 3.05) is 4.90 Å². The first-order chi connectivity index (χ1) is 21.3. The molecule has 0 amide bonds. The molecule has 0 saturated heterocycles. The van der Waals surface area contributed by atoms with Crippen LogP contribution in [0.1, 0.15) is 0 Å². The Balaban J connectivity index is 1.15. The fraction of sp³-hybridized carbons (Fsp3) is 0. The second-order valence-corrected chi connectivity index (χ2v) is 12.1. The van der Waals surface area contributed by atoms with Crippen LogP contribution < -0.4 is 4.90 Å². The molecule has 7 aromatic carbocycles. The number of thiophene rings is 1. The minimum absolute atomic E-state index is 0.888. The summed E-state index contributed by atoms with van der Waals surface area (Å²) in [6, 6.07) is 54.2. The largest absolute Gasteiger partial charge is 0.454 e. The maximum absolute atomic E-state index is 6.45. The summed E-state index contributed by atoms with van der Waals surface area (Å²) in [6.45, 7) is 0. The van der Waals surface area contributed by atoms with Crippen LogP contribution in [0.2, 0.25) is 0 Å². The van der Waals surface area contributed by atoms with Crippen molar-refractivity contribution in [2.45, 2.75) is 0 Å². The van der Waals surface area contributed by atoms with E-state index in [1.165, 1.54) is 42.1 Å². The van der Waals surface area contributed by atoms with Gasteiger partial charge in [0.2, 0.25) is 0 Å². The van der Waals surface area contributed by atoms with Crippen molar-refractivity contribution in [1.29, 1.82) is 0 Å². The minimum Gasteiger partial charge on any atom is -0.454 e. The standard InChI is InChI=1S/C40H25NOS/c1-2-9-30(10-3-1)41(36-14-8-13-34-32-11-4-6-15-37(32)42-40(34)36)31-21-19-26(20-22-31)27-17-18-28-24-35-33-12-5-7-16-38(33)43-39(35)25-29(28)23-27/h1-25H. The molecule has 0 atom stereocenters. The van der Waals surface area contributed by atoms with E-state index in [-0.39, 0.29) is 0 Å². The zero-order chi connectivity index (χ0) is 28.3. The summed E-state index contributed by atoms with van der Waals surface area (Å²) in [4.78, 5) is 2.28. The van der Waals surface area contributed by atoms with Gasteiger partial charge in [-0.05, 0) is 82.6 Å². The van der Waals surface area contributed by atoms with Crippen molar-refractivity contribution in [3.8, 4) is 11.1 Å². The van der Waals surface area contributed by atoms with Crippen molar-refractivity contribution >= 4 is 81.3 Å². The second kappa shape index (κ2) is 9.59. The fourth-order valence-electron chi connectivity index (χ4n) is 6.36. The molecule has 0 aliphatic rings. The number of furan rings is 1. The van der Waals surface area contributed by atoms with Gasteiger partial charge in [-0.3, -0.25) is 0 Å². The van der Waals surface area contributed by atoms with Crippen LogP contribution >= 0.6 is 11.3 Å². The molecule has 2 nitrogen and oxygen atoms in total. The SMILES string of the molecule is c1ccc(N(c2ccc(-c3ccc4cc5c(cc4c3)sc3ccccc35)cc2)c2cccc3c2oc2ccccc23)cc1. The van der Waals surface area contributed by atoms with Gasteiger partial charge in [0.05, 0.1) is 5.69 Å². The lowest BCUT2D eigenvalue weighted by Crippen LogP contribution is -2.10. The predicted octanol–water partition coefficient (Wildman–Crippen LogP) is 12.2. The summed E-state index contributed by atoms with van der Waals surface area (Å²) in [6.07, 6.45) is 0. The number of nitrogens with zero attached hydrogens (tertiary/aromatic N) is 1. The lowest BCUT2D eigenvalue weighted by Gasteiger charge is -2.25. The van der Waals surface area contributed by atoms with E-state index in [1.807, 2.05) is 23.5 Å². The van der Waals surface area contributed by atoms with E-state index in [0.29, 0.717) is 0 Å². The average Bonchev–Trinajstić information content (AvgIpc) is 3.63. The number of fused-ring (bicyclic) bond motifs is 7. The Morgan fingerprint density at radius 1 is 0.442 bits per heavy atom. The summed E-state index contributed by atoms with van der Waals surface area (Å²) < 4.78 is 9.12. The van der Waals surface area contributed by atoms with E-state index in [4.69, 9.17) is 4.42 Å². The highest BCUT2D eigenvalue weighted by molar-refractivity contribution is 7.25. The quantitative estimate of drug-likeness (QED) is 0.210. The molecule has 0 aliphatic heterocycles. The van der Waals surface area contributed by atoms with Crippen molar-refractivity contribution in [1.82, 2.24) is 0 Å². The average molecular weight is 568 g/mol. The molecular formula is C40H25NOS. The minimum atomic E-state index is 0.888. The molecule has 0 aliphatic carbocycles. The molecule has 0 unspecified atom stereocenters. The van der Waals surface area contributed by atoms with E-state index in [9.17, 15) is 0 Å². The summed E-state index contributed by atoms with van der Waals surface area (Å²) in [5.41, 5.74) is 7.38. The molecular weight excluding hydrogens is 543 g/mol. The second-order valence-electron chi connectivity index (χ2n) is 11.0. The van der Waals surface area contributed by atoms with Crippen molar-refractivity contribution in [3.05, 3.63) is 152 Å². The Morgan fingerprint density at radius 2 is 1.16 bits per heavy atom. The van der Waals surface area contributed by atoms with Crippen molar-refractivity contribution in [2.24, 2.45) is 0 Å². The van der Waals surface area contributed by atoms with Gasteiger partial charge in [-0.25, -0.2) is 0 Å². The van der Waals surface area contributed by atoms with Gasteiger partial charge < -0.3 is 9.32 Å². The first kappa shape index (κ1) is 24.2. The summed E-state index contributed by atoms with van der Waals surface area (Å²) in [7, 11) is 0. The Bertz CT molecular complexity index is 2450. The number of benzene rings is 7. The molecule has 0 spiro atoms. The maximum Gasteiger partial charge on any atom is 0.159 e. The van der Waals surface area contributed by atoms with E-state index in [2.05, 4.69) is 144 Å². The van der Waals surface area contributed by atoms with Crippen molar-refractivity contribution in [3.63, 3.8) is 0 Å². The third-order valence-electron chi connectivity index (χ3n) is 8.43. The highest BCUT2D eigenvalue weighted by Crippen LogP contribution is 2.42. The Kier molecular flexibility index (Phi) is 5.40. The van der Waals surface area contributed by atoms with Gasteiger partial charge in [0.1, 0.15) is 5.58 Å². The molecule has 3 heteroatoms. The number of hydrogen-bond acceptors (Lipinski definition) is 3. The van der Waals surface area contributed by atoms with Gasteiger partial charge >= 0.3 is 0 Å². The smallest absolute Gasteiger partial charge is 0.159 e. The van der Waals surface area contributed by atoms with Crippen LogP contribution in [0.3, 0.4) is 0 Å². The van der Waals surface area contributed by atoms with E-state index >= 15 is 0 Å². The van der Waals surface area contributed by atoms with Crippen molar-refractivity contribution < 1.29 is 4.42 Å². The monoisotopic (exact) mass is 567 g/mol.